The molecule has 2 aromatic rings. The molecule has 84 heavy (non-hydrogen) atoms. The number of likely N-dealkylation sites (N-methyl/N-ethyl adjacent to an activating group) is 2. The lowest BCUT2D eigenvalue weighted by Gasteiger charge is -2.41. The van der Waals surface area contributed by atoms with Gasteiger partial charge in [0.2, 0.25) is 29.5 Å². The number of carbonyl (C=O) groups is 9. The van der Waals surface area contributed by atoms with Gasteiger partial charge in [0.15, 0.2) is 0 Å². The SMILES string of the molecule is CC[C@H](C)[C@@H]([C@@H](CC(=O)N1CCC[C@H]1[C@H](OC)[C@@H](C)C(=O)N[C@@H](Cc1c[nH]c2ccccc12)C(=O)N1CCCCO1)OC)N(C)C(=O)[C@@H](NC(=O)[C@H](C(C)C)N(C)CCCCCC(=O)N[C@H]1CC[C@H](C(=O)ON2C(=O)CCC2=O)CC1)C(C)C. The Morgan fingerprint density at radius 1 is 0.810 bits per heavy atom. The summed E-state index contributed by atoms with van der Waals surface area (Å²) < 4.78 is 12.2. The third kappa shape index (κ3) is 17.4. The average Bonchev–Trinajstić information content (AvgIpc) is 3.76. The number of likely N-dealkylation sites (tertiary alicyclic amines) is 1. The summed E-state index contributed by atoms with van der Waals surface area (Å²) in [4.78, 5) is 141. The molecule has 22 heteroatoms. The number of carbonyl (C=O) groups excluding carboxylic acids is 9. The highest BCUT2D eigenvalue weighted by Gasteiger charge is 2.44. The zero-order chi connectivity index (χ0) is 61.4. The van der Waals surface area contributed by atoms with Crippen LogP contribution < -0.4 is 16.0 Å². The molecular weight excluding hydrogens is 1080 g/mol. The smallest absolute Gasteiger partial charge is 0.336 e. The topological polar surface area (TPSA) is 259 Å². The van der Waals surface area contributed by atoms with Crippen molar-refractivity contribution < 1.29 is 62.3 Å². The van der Waals surface area contributed by atoms with E-state index in [1.54, 1.807) is 30.9 Å². The Kier molecular flexibility index (Phi) is 25.6. The summed E-state index contributed by atoms with van der Waals surface area (Å²) in [5.41, 5.74) is 1.81. The van der Waals surface area contributed by atoms with Crippen LogP contribution in [0.4, 0.5) is 0 Å². The van der Waals surface area contributed by atoms with E-state index < -0.39 is 72.0 Å². The molecule has 1 saturated carbocycles. The van der Waals surface area contributed by atoms with Gasteiger partial charge in [0.05, 0.1) is 55.2 Å². The van der Waals surface area contributed by atoms with E-state index in [-0.39, 0.29) is 84.9 Å². The van der Waals surface area contributed by atoms with Crippen molar-refractivity contribution >= 4 is 64.1 Å². The summed E-state index contributed by atoms with van der Waals surface area (Å²) >= 11 is 0. The maximum atomic E-state index is 14.8. The summed E-state index contributed by atoms with van der Waals surface area (Å²) in [5.74, 6) is -4.83. The molecule has 4 aliphatic rings. The Bertz CT molecular complexity index is 2550. The Labute approximate surface area is 496 Å². The number of H-pyrrole nitrogens is 1. The fourth-order valence-corrected chi connectivity index (χ4v) is 12.8. The molecule has 9 atom stereocenters. The van der Waals surface area contributed by atoms with Gasteiger partial charge in [-0.25, -0.2) is 9.86 Å². The molecule has 4 fully saturated rings. The van der Waals surface area contributed by atoms with Gasteiger partial charge in [-0.05, 0) is 107 Å². The predicted molar refractivity (Wildman–Crippen MR) is 315 cm³/mol. The second-order valence-electron chi connectivity index (χ2n) is 24.5. The summed E-state index contributed by atoms with van der Waals surface area (Å²) in [5, 5.41) is 12.2. The van der Waals surface area contributed by atoms with Gasteiger partial charge in [0.1, 0.15) is 12.1 Å². The quantitative estimate of drug-likeness (QED) is 0.0548. The molecule has 0 radical (unpaired) electrons. The largest absolute Gasteiger partial charge is 0.379 e. The van der Waals surface area contributed by atoms with Crippen molar-refractivity contribution in [1.82, 2.24) is 45.8 Å². The number of amides is 8. The van der Waals surface area contributed by atoms with Gasteiger partial charge < -0.3 is 45.0 Å². The average molecular weight is 1180 g/mol. The first-order chi connectivity index (χ1) is 40.1. The molecule has 468 valence electrons. The van der Waals surface area contributed by atoms with Crippen molar-refractivity contribution in [1.29, 1.82) is 0 Å². The van der Waals surface area contributed by atoms with Crippen LogP contribution in [0.25, 0.3) is 10.9 Å². The van der Waals surface area contributed by atoms with Gasteiger partial charge in [-0.3, -0.25) is 48.1 Å². The number of nitrogens with zero attached hydrogens (tertiary/aromatic N) is 5. The van der Waals surface area contributed by atoms with E-state index in [4.69, 9.17) is 19.1 Å². The van der Waals surface area contributed by atoms with Gasteiger partial charge in [-0.1, -0.05) is 79.5 Å². The van der Waals surface area contributed by atoms with Crippen LogP contribution in [0.1, 0.15) is 157 Å². The summed E-state index contributed by atoms with van der Waals surface area (Å²) in [7, 11) is 6.70. The molecule has 1 aromatic carbocycles. The minimum Gasteiger partial charge on any atom is -0.379 e. The molecule has 1 aromatic heterocycles. The molecular formula is C62H97N9O13. The fraction of sp³-hybridized carbons (Fsp3) is 0.726. The molecule has 3 aliphatic heterocycles. The highest BCUT2D eigenvalue weighted by atomic mass is 16.7. The third-order valence-corrected chi connectivity index (χ3v) is 17.9. The van der Waals surface area contributed by atoms with E-state index in [2.05, 4.69) is 20.9 Å². The Balaban J connectivity index is 1.01. The molecule has 4 heterocycles. The van der Waals surface area contributed by atoms with Gasteiger partial charge in [-0.2, -0.15) is 0 Å². The predicted octanol–water partition coefficient (Wildman–Crippen LogP) is 5.61. The standard InChI is InChI=1S/C62H97N9O13/c1-12-40(6)56(49(81-10)36-53(75)69-32-20-23-48(69)57(82-11)41(7)58(76)65-47(60(78)70-33-18-19-34-83-70)35-43-37-63-46-22-16-15-21-45(43)46)68(9)61(79)54(38(2)3)66-59(77)55(39(4)5)67(8)31-17-13-14-24-50(72)64-44-27-25-42(26-28-44)62(80)84-71-51(73)29-30-52(71)74/h15-16,21-22,37-42,44,47-49,54-57,63H,12-14,17-20,23-36H2,1-11H3,(H,64,72)(H,65,76)(H,66,77)/t40-,41+,42-,44-,47-,48-,49+,54-,55-,56-,57+/m0/s1. The zero-order valence-electron chi connectivity index (χ0n) is 51.8. The number of rotatable bonds is 30. The Hall–Kier alpha value is -5.97. The van der Waals surface area contributed by atoms with Gasteiger partial charge in [-0.15, -0.1) is 5.06 Å². The zero-order valence-corrected chi connectivity index (χ0v) is 51.8. The van der Waals surface area contributed by atoms with Crippen LogP contribution in [-0.2, 0) is 68.7 Å². The fourth-order valence-electron chi connectivity index (χ4n) is 12.8. The lowest BCUT2D eigenvalue weighted by Crippen LogP contribution is -2.60. The van der Waals surface area contributed by atoms with Crippen molar-refractivity contribution in [2.75, 3.05) is 54.6 Å². The van der Waals surface area contributed by atoms with Crippen molar-refractivity contribution in [3.8, 4) is 0 Å². The maximum Gasteiger partial charge on any atom is 0.336 e. The lowest BCUT2D eigenvalue weighted by molar-refractivity contribution is -0.201. The van der Waals surface area contributed by atoms with Crippen molar-refractivity contribution in [2.24, 2.45) is 29.6 Å². The van der Waals surface area contributed by atoms with E-state index in [1.807, 2.05) is 84.0 Å². The maximum absolute atomic E-state index is 14.8. The Morgan fingerprint density at radius 2 is 1.51 bits per heavy atom. The summed E-state index contributed by atoms with van der Waals surface area (Å²) in [6.07, 6.45) is 8.91. The number of hydrogen-bond acceptors (Lipinski definition) is 14. The number of aromatic amines is 1. The van der Waals surface area contributed by atoms with Crippen LogP contribution in [0.2, 0.25) is 0 Å². The second kappa shape index (κ2) is 32.0. The summed E-state index contributed by atoms with van der Waals surface area (Å²) in [6.45, 7) is 15.4. The number of para-hydroxylation sites is 1. The number of unbranched alkanes of at least 4 members (excludes halogenated alkanes) is 2. The summed E-state index contributed by atoms with van der Waals surface area (Å²) in [6, 6.07) is 4.38. The third-order valence-electron chi connectivity index (χ3n) is 17.9. The minimum atomic E-state index is -0.922. The number of hydroxylamine groups is 4. The number of benzene rings is 1. The molecule has 0 spiro atoms. The van der Waals surface area contributed by atoms with Crippen LogP contribution in [0, 0.1) is 29.6 Å². The second-order valence-corrected chi connectivity index (χ2v) is 24.5. The number of nitrogens with one attached hydrogen (secondary N) is 4. The van der Waals surface area contributed by atoms with Crippen LogP contribution in [0.5, 0.6) is 0 Å². The molecule has 0 unspecified atom stereocenters. The van der Waals surface area contributed by atoms with Gasteiger partial charge in [0, 0.05) is 83.2 Å². The molecule has 4 N–H and O–H groups in total. The van der Waals surface area contributed by atoms with Gasteiger partial charge in [0.25, 0.3) is 17.7 Å². The molecule has 3 saturated heterocycles. The number of imide groups is 1. The van der Waals surface area contributed by atoms with Crippen LogP contribution in [0.3, 0.4) is 0 Å². The normalized spacial score (nSPS) is 21.5. The van der Waals surface area contributed by atoms with Crippen LogP contribution in [0.15, 0.2) is 30.5 Å². The van der Waals surface area contributed by atoms with Crippen LogP contribution >= 0.6 is 0 Å². The molecule has 22 nitrogen and oxygen atoms in total. The molecule has 6 rings (SSSR count). The number of ether oxygens (including phenoxy) is 2. The van der Waals surface area contributed by atoms with E-state index in [0.29, 0.717) is 89.1 Å². The molecule has 0 bridgehead atoms. The first-order valence-corrected chi connectivity index (χ1v) is 30.9. The highest BCUT2D eigenvalue weighted by Crippen LogP contribution is 2.31. The number of aromatic nitrogens is 1. The molecule has 8 amide bonds. The highest BCUT2D eigenvalue weighted by molar-refractivity contribution is 6.01. The first kappa shape index (κ1) is 67.2. The number of methoxy groups -OCH3 is 2. The monoisotopic (exact) mass is 1180 g/mol. The van der Waals surface area contributed by atoms with Crippen molar-refractivity contribution in [3.05, 3.63) is 36.0 Å². The van der Waals surface area contributed by atoms with Crippen LogP contribution in [-0.4, -0.2) is 186 Å². The number of fused-ring (bicyclic) bond motifs is 1. The minimum absolute atomic E-state index is 0.0373. The van der Waals surface area contributed by atoms with E-state index in [0.717, 1.165) is 42.1 Å². The van der Waals surface area contributed by atoms with Gasteiger partial charge >= 0.3 is 5.97 Å². The lowest BCUT2D eigenvalue weighted by atomic mass is 9.86. The number of hydrogen-bond donors (Lipinski definition) is 4. The Morgan fingerprint density at radius 3 is 2.14 bits per heavy atom. The molecule has 1 aliphatic carbocycles. The van der Waals surface area contributed by atoms with E-state index >= 15 is 0 Å². The first-order valence-electron chi connectivity index (χ1n) is 30.9. The van der Waals surface area contributed by atoms with E-state index in [9.17, 15) is 43.2 Å². The van der Waals surface area contributed by atoms with Crippen molar-refractivity contribution in [3.63, 3.8) is 0 Å². The van der Waals surface area contributed by atoms with Crippen molar-refractivity contribution in [2.45, 2.75) is 206 Å². The van der Waals surface area contributed by atoms with E-state index in [1.165, 1.54) is 12.2 Å².